The van der Waals surface area contributed by atoms with Gasteiger partial charge < -0.3 is 20.3 Å². The van der Waals surface area contributed by atoms with E-state index in [2.05, 4.69) is 25.3 Å². The van der Waals surface area contributed by atoms with Crippen LogP contribution in [-0.2, 0) is 0 Å². The third-order valence-corrected chi connectivity index (χ3v) is 4.70. The van der Waals surface area contributed by atoms with Crippen molar-refractivity contribution in [1.82, 2.24) is 15.3 Å². The predicted molar refractivity (Wildman–Crippen MR) is 102 cm³/mol. The van der Waals surface area contributed by atoms with Gasteiger partial charge in [0.1, 0.15) is 0 Å². The number of piperazine rings is 1. The number of hydrogen-bond acceptors (Lipinski definition) is 6. The first kappa shape index (κ1) is 19.9. The first-order valence-electron chi connectivity index (χ1n) is 8.43. The van der Waals surface area contributed by atoms with Crippen LogP contribution in [0.15, 0.2) is 24.4 Å². The SMILES string of the molecule is CC(Nc1nc(N2CCNCC2)ncc1OC(F)F)c1ccc(Cl)cc1Cl. The van der Waals surface area contributed by atoms with Crippen molar-refractivity contribution in [1.29, 1.82) is 0 Å². The van der Waals surface area contributed by atoms with Gasteiger partial charge in [-0.15, -0.1) is 0 Å². The van der Waals surface area contributed by atoms with Crippen LogP contribution in [0.4, 0.5) is 20.5 Å². The Morgan fingerprint density at radius 2 is 2.00 bits per heavy atom. The number of ether oxygens (including phenoxy) is 1. The summed E-state index contributed by atoms with van der Waals surface area (Å²) in [6.45, 7) is 1.93. The molecule has 1 fully saturated rings. The van der Waals surface area contributed by atoms with Gasteiger partial charge in [0.2, 0.25) is 5.95 Å². The summed E-state index contributed by atoms with van der Waals surface area (Å²) in [6, 6.07) is 4.79. The third-order valence-electron chi connectivity index (χ3n) is 4.14. The molecule has 0 amide bonds. The minimum atomic E-state index is -2.98. The second kappa shape index (κ2) is 8.86. The molecule has 1 atom stereocenters. The second-order valence-electron chi connectivity index (χ2n) is 6.03. The molecule has 1 saturated heterocycles. The quantitative estimate of drug-likeness (QED) is 0.741. The van der Waals surface area contributed by atoms with E-state index in [1.807, 2.05) is 11.8 Å². The lowest BCUT2D eigenvalue weighted by molar-refractivity contribution is -0.0498. The monoisotopic (exact) mass is 417 g/mol. The maximum atomic E-state index is 12.8. The maximum Gasteiger partial charge on any atom is 0.387 e. The zero-order chi connectivity index (χ0) is 19.4. The summed E-state index contributed by atoms with van der Waals surface area (Å²) in [5.74, 6) is 0.508. The molecule has 10 heteroatoms. The fraction of sp³-hybridized carbons (Fsp3) is 0.412. The molecule has 3 rings (SSSR count). The summed E-state index contributed by atoms with van der Waals surface area (Å²) in [5, 5.41) is 7.31. The molecule has 0 aliphatic carbocycles. The van der Waals surface area contributed by atoms with Crippen molar-refractivity contribution < 1.29 is 13.5 Å². The lowest BCUT2D eigenvalue weighted by Crippen LogP contribution is -2.44. The summed E-state index contributed by atoms with van der Waals surface area (Å²) in [5.41, 5.74) is 0.756. The minimum Gasteiger partial charge on any atom is -0.429 e. The number of benzene rings is 1. The zero-order valence-corrected chi connectivity index (χ0v) is 16.1. The summed E-state index contributed by atoms with van der Waals surface area (Å²) in [7, 11) is 0. The van der Waals surface area contributed by atoms with Gasteiger partial charge in [0.05, 0.1) is 12.2 Å². The molecular formula is C17H19Cl2F2N5O. The van der Waals surface area contributed by atoms with Gasteiger partial charge in [0.25, 0.3) is 0 Å². The molecule has 0 radical (unpaired) electrons. The van der Waals surface area contributed by atoms with Crippen LogP contribution >= 0.6 is 23.2 Å². The molecule has 1 aliphatic rings. The lowest BCUT2D eigenvalue weighted by Gasteiger charge is -2.28. The topological polar surface area (TPSA) is 62.3 Å². The normalized spacial score (nSPS) is 15.7. The van der Waals surface area contributed by atoms with Gasteiger partial charge >= 0.3 is 6.61 Å². The third kappa shape index (κ3) is 5.09. The van der Waals surface area contributed by atoms with E-state index in [4.69, 9.17) is 23.2 Å². The average Bonchev–Trinajstić information content (AvgIpc) is 2.63. The average molecular weight is 418 g/mol. The van der Waals surface area contributed by atoms with Gasteiger partial charge in [-0.1, -0.05) is 29.3 Å². The van der Waals surface area contributed by atoms with Crippen LogP contribution in [0.1, 0.15) is 18.5 Å². The summed E-state index contributed by atoms with van der Waals surface area (Å²) < 4.78 is 30.1. The van der Waals surface area contributed by atoms with Gasteiger partial charge in [-0.05, 0) is 24.6 Å². The van der Waals surface area contributed by atoms with E-state index in [0.29, 0.717) is 16.0 Å². The molecule has 27 heavy (non-hydrogen) atoms. The maximum absolute atomic E-state index is 12.8. The first-order chi connectivity index (χ1) is 12.9. The Labute approximate surface area is 165 Å². The van der Waals surface area contributed by atoms with E-state index in [1.54, 1.807) is 18.2 Å². The molecule has 146 valence electrons. The first-order valence-corrected chi connectivity index (χ1v) is 9.18. The van der Waals surface area contributed by atoms with Crippen molar-refractivity contribution >= 4 is 35.0 Å². The van der Waals surface area contributed by atoms with Crippen molar-refractivity contribution in [3.63, 3.8) is 0 Å². The van der Waals surface area contributed by atoms with E-state index in [9.17, 15) is 8.78 Å². The van der Waals surface area contributed by atoms with Crippen molar-refractivity contribution in [2.75, 3.05) is 36.4 Å². The second-order valence-corrected chi connectivity index (χ2v) is 6.87. The summed E-state index contributed by atoms with van der Waals surface area (Å²) >= 11 is 12.2. The summed E-state index contributed by atoms with van der Waals surface area (Å²) in [6.07, 6.45) is 1.26. The van der Waals surface area contributed by atoms with Crippen molar-refractivity contribution in [3.8, 4) is 5.75 Å². The van der Waals surface area contributed by atoms with Crippen LogP contribution in [0.2, 0.25) is 10.0 Å². The lowest BCUT2D eigenvalue weighted by atomic mass is 10.1. The van der Waals surface area contributed by atoms with Crippen LogP contribution < -0.4 is 20.3 Å². The Kier molecular flexibility index (Phi) is 6.51. The highest BCUT2D eigenvalue weighted by atomic mass is 35.5. The smallest absolute Gasteiger partial charge is 0.387 e. The van der Waals surface area contributed by atoms with E-state index >= 15 is 0 Å². The molecule has 6 nitrogen and oxygen atoms in total. The van der Waals surface area contributed by atoms with Gasteiger partial charge in [-0.25, -0.2) is 4.98 Å². The number of halogens is 4. The van der Waals surface area contributed by atoms with Gasteiger partial charge in [0, 0.05) is 36.2 Å². The number of aromatic nitrogens is 2. The molecular weight excluding hydrogens is 399 g/mol. The van der Waals surface area contributed by atoms with Gasteiger partial charge in [-0.2, -0.15) is 13.8 Å². The predicted octanol–water partition coefficient (Wildman–Crippen LogP) is 3.97. The van der Waals surface area contributed by atoms with Crippen LogP contribution in [0.25, 0.3) is 0 Å². The molecule has 2 aromatic rings. The molecule has 0 spiro atoms. The molecule has 1 aliphatic heterocycles. The van der Waals surface area contributed by atoms with Crippen LogP contribution in [0, 0.1) is 0 Å². The van der Waals surface area contributed by atoms with Gasteiger partial charge in [0.15, 0.2) is 11.6 Å². The fourth-order valence-electron chi connectivity index (χ4n) is 2.80. The highest BCUT2D eigenvalue weighted by molar-refractivity contribution is 6.35. The molecule has 2 heterocycles. The Balaban J connectivity index is 1.87. The summed E-state index contributed by atoms with van der Waals surface area (Å²) in [4.78, 5) is 10.6. The van der Waals surface area contributed by atoms with Crippen molar-refractivity contribution in [3.05, 3.63) is 40.0 Å². The standard InChI is InChI=1S/C17H19Cl2F2N5O/c1-10(12-3-2-11(18)8-13(12)19)24-15-14(27-16(20)21)9-23-17(25-15)26-6-4-22-5-7-26/h2-3,8-10,16,22H,4-7H2,1H3,(H,23,24,25). The Hall–Kier alpha value is -1.90. The largest absolute Gasteiger partial charge is 0.429 e. The highest BCUT2D eigenvalue weighted by Gasteiger charge is 2.20. The van der Waals surface area contributed by atoms with E-state index < -0.39 is 6.61 Å². The van der Waals surface area contributed by atoms with E-state index in [1.165, 1.54) is 6.20 Å². The number of nitrogens with zero attached hydrogens (tertiary/aromatic N) is 3. The van der Waals surface area contributed by atoms with Gasteiger partial charge in [-0.3, -0.25) is 0 Å². The van der Waals surface area contributed by atoms with Crippen molar-refractivity contribution in [2.24, 2.45) is 0 Å². The van der Waals surface area contributed by atoms with E-state index in [-0.39, 0.29) is 17.6 Å². The number of alkyl halides is 2. The van der Waals surface area contributed by atoms with Crippen molar-refractivity contribution in [2.45, 2.75) is 19.6 Å². The minimum absolute atomic E-state index is 0.124. The molecule has 1 unspecified atom stereocenters. The number of hydrogen-bond donors (Lipinski definition) is 2. The number of rotatable bonds is 6. The fourth-order valence-corrected chi connectivity index (χ4v) is 3.37. The molecule has 1 aromatic heterocycles. The number of anilines is 2. The number of nitrogens with one attached hydrogen (secondary N) is 2. The van der Waals surface area contributed by atoms with Crippen LogP contribution in [0.3, 0.4) is 0 Å². The molecule has 2 N–H and O–H groups in total. The van der Waals surface area contributed by atoms with Crippen LogP contribution in [0.5, 0.6) is 5.75 Å². The molecule has 1 aromatic carbocycles. The zero-order valence-electron chi connectivity index (χ0n) is 14.6. The molecule has 0 bridgehead atoms. The van der Waals surface area contributed by atoms with E-state index in [0.717, 1.165) is 31.7 Å². The Morgan fingerprint density at radius 3 is 2.67 bits per heavy atom. The van der Waals surface area contributed by atoms with Crippen LogP contribution in [-0.4, -0.2) is 42.8 Å². The Bertz CT molecular complexity index is 790. The highest BCUT2D eigenvalue weighted by Crippen LogP contribution is 2.32. The Morgan fingerprint density at radius 1 is 1.26 bits per heavy atom. The molecule has 0 saturated carbocycles.